The van der Waals surface area contributed by atoms with Gasteiger partial charge in [0.1, 0.15) is 5.82 Å². The first kappa shape index (κ1) is 15.4. The van der Waals surface area contributed by atoms with Crippen LogP contribution in [0.1, 0.15) is 23.1 Å². The van der Waals surface area contributed by atoms with Crippen LogP contribution in [0.25, 0.3) is 0 Å². The summed E-state index contributed by atoms with van der Waals surface area (Å²) in [6.07, 6.45) is -0.888. The van der Waals surface area contributed by atoms with Crippen molar-refractivity contribution in [3.63, 3.8) is 0 Å². The zero-order chi connectivity index (χ0) is 14.7. The second-order valence-corrected chi connectivity index (χ2v) is 5.81. The van der Waals surface area contributed by atoms with Crippen LogP contribution in [0.2, 0.25) is 5.02 Å². The Morgan fingerprint density at radius 2 is 1.95 bits per heavy atom. The highest BCUT2D eigenvalue weighted by Gasteiger charge is 2.22. The Bertz CT molecular complexity index is 608. The topological polar surface area (TPSA) is 46.2 Å². The Kier molecular flexibility index (Phi) is 5.16. The SMILES string of the molecule is NCC(c1cccc(Cl)c1)C(O)c1ccc(Br)c(F)c1. The quantitative estimate of drug-likeness (QED) is 0.867. The van der Waals surface area contributed by atoms with Crippen LogP contribution in [0.4, 0.5) is 4.39 Å². The molecule has 20 heavy (non-hydrogen) atoms. The lowest BCUT2D eigenvalue weighted by molar-refractivity contribution is 0.147. The van der Waals surface area contributed by atoms with E-state index >= 15 is 0 Å². The van der Waals surface area contributed by atoms with Crippen LogP contribution in [0.3, 0.4) is 0 Å². The van der Waals surface area contributed by atoms with E-state index in [9.17, 15) is 9.50 Å². The molecule has 0 radical (unpaired) electrons. The summed E-state index contributed by atoms with van der Waals surface area (Å²) in [5.41, 5.74) is 7.07. The highest BCUT2D eigenvalue weighted by Crippen LogP contribution is 2.32. The van der Waals surface area contributed by atoms with Crippen LogP contribution in [0.5, 0.6) is 0 Å². The average molecular weight is 359 g/mol. The second kappa shape index (κ2) is 6.68. The lowest BCUT2D eigenvalue weighted by atomic mass is 9.89. The van der Waals surface area contributed by atoms with Gasteiger partial charge in [-0.05, 0) is 51.3 Å². The van der Waals surface area contributed by atoms with Gasteiger partial charge in [-0.25, -0.2) is 4.39 Å². The molecule has 0 aromatic heterocycles. The Morgan fingerprint density at radius 1 is 1.20 bits per heavy atom. The summed E-state index contributed by atoms with van der Waals surface area (Å²) in [5.74, 6) is -0.752. The van der Waals surface area contributed by atoms with Gasteiger partial charge in [-0.3, -0.25) is 0 Å². The van der Waals surface area contributed by atoms with Crippen LogP contribution in [0.15, 0.2) is 46.9 Å². The van der Waals surface area contributed by atoms with Gasteiger partial charge >= 0.3 is 0 Å². The molecule has 0 aliphatic rings. The molecule has 2 unspecified atom stereocenters. The fourth-order valence-electron chi connectivity index (χ4n) is 2.11. The number of hydrogen-bond acceptors (Lipinski definition) is 2. The minimum absolute atomic E-state index is 0.235. The van der Waals surface area contributed by atoms with Crippen molar-refractivity contribution in [3.8, 4) is 0 Å². The first-order chi connectivity index (χ1) is 9.52. The fourth-order valence-corrected chi connectivity index (χ4v) is 2.56. The molecule has 0 amide bonds. The van der Waals surface area contributed by atoms with Crippen molar-refractivity contribution in [3.05, 3.63) is 68.9 Å². The molecule has 0 spiro atoms. The predicted molar refractivity (Wildman–Crippen MR) is 82.3 cm³/mol. The molecular weight excluding hydrogens is 345 g/mol. The number of rotatable bonds is 4. The van der Waals surface area contributed by atoms with Gasteiger partial charge in [0.2, 0.25) is 0 Å². The third-order valence-corrected chi connectivity index (χ3v) is 4.08. The Balaban J connectivity index is 2.33. The molecule has 2 rings (SSSR count). The van der Waals surface area contributed by atoms with E-state index < -0.39 is 11.9 Å². The second-order valence-electron chi connectivity index (χ2n) is 4.52. The van der Waals surface area contributed by atoms with Crippen molar-refractivity contribution >= 4 is 27.5 Å². The van der Waals surface area contributed by atoms with Crippen molar-refractivity contribution in [2.75, 3.05) is 6.54 Å². The number of benzene rings is 2. The average Bonchev–Trinajstić information content (AvgIpc) is 2.42. The van der Waals surface area contributed by atoms with Crippen LogP contribution in [-0.2, 0) is 0 Å². The van der Waals surface area contributed by atoms with Gasteiger partial charge < -0.3 is 10.8 Å². The van der Waals surface area contributed by atoms with E-state index in [0.29, 0.717) is 15.1 Å². The molecule has 106 valence electrons. The predicted octanol–water partition coefficient (Wildman–Crippen LogP) is 4.02. The van der Waals surface area contributed by atoms with Crippen molar-refractivity contribution in [1.82, 2.24) is 0 Å². The van der Waals surface area contributed by atoms with Crippen LogP contribution >= 0.6 is 27.5 Å². The normalized spacial score (nSPS) is 14.1. The summed E-state index contributed by atoms with van der Waals surface area (Å²) in [7, 11) is 0. The zero-order valence-electron chi connectivity index (χ0n) is 10.6. The maximum Gasteiger partial charge on any atom is 0.137 e. The molecule has 3 N–H and O–H groups in total. The van der Waals surface area contributed by atoms with Crippen molar-refractivity contribution < 1.29 is 9.50 Å². The number of halogens is 3. The first-order valence-electron chi connectivity index (χ1n) is 6.11. The molecule has 0 heterocycles. The van der Waals surface area contributed by atoms with Gasteiger partial charge in [-0.2, -0.15) is 0 Å². The number of aliphatic hydroxyl groups is 1. The molecule has 2 aromatic carbocycles. The molecule has 0 saturated heterocycles. The van der Waals surface area contributed by atoms with Gasteiger partial charge in [0.05, 0.1) is 10.6 Å². The third kappa shape index (κ3) is 3.38. The monoisotopic (exact) mass is 357 g/mol. The van der Waals surface area contributed by atoms with E-state index in [-0.39, 0.29) is 12.5 Å². The van der Waals surface area contributed by atoms with Gasteiger partial charge in [0, 0.05) is 17.5 Å². The summed E-state index contributed by atoms with van der Waals surface area (Å²) < 4.78 is 13.9. The van der Waals surface area contributed by atoms with Crippen LogP contribution < -0.4 is 5.73 Å². The molecule has 0 aliphatic carbocycles. The summed E-state index contributed by atoms with van der Waals surface area (Å²) in [6, 6.07) is 11.7. The lowest BCUT2D eigenvalue weighted by Crippen LogP contribution is -2.20. The van der Waals surface area contributed by atoms with Gasteiger partial charge in [0.25, 0.3) is 0 Å². The maximum atomic E-state index is 13.6. The van der Waals surface area contributed by atoms with E-state index in [2.05, 4.69) is 15.9 Å². The molecule has 0 fully saturated rings. The van der Waals surface area contributed by atoms with Gasteiger partial charge in [-0.15, -0.1) is 0 Å². The van der Waals surface area contributed by atoms with Gasteiger partial charge in [0.15, 0.2) is 0 Å². The zero-order valence-corrected chi connectivity index (χ0v) is 12.9. The largest absolute Gasteiger partial charge is 0.388 e. The minimum Gasteiger partial charge on any atom is -0.388 e. The third-order valence-electron chi connectivity index (χ3n) is 3.20. The smallest absolute Gasteiger partial charge is 0.137 e. The summed E-state index contributed by atoms with van der Waals surface area (Å²) in [6.45, 7) is 0.235. The molecule has 2 atom stereocenters. The van der Waals surface area contributed by atoms with Gasteiger partial charge in [-0.1, -0.05) is 29.8 Å². The molecule has 5 heteroatoms. The highest BCUT2D eigenvalue weighted by molar-refractivity contribution is 9.10. The van der Waals surface area contributed by atoms with E-state index in [0.717, 1.165) is 5.56 Å². The van der Waals surface area contributed by atoms with Crippen LogP contribution in [-0.4, -0.2) is 11.7 Å². The van der Waals surface area contributed by atoms with E-state index in [1.165, 1.54) is 6.07 Å². The van der Waals surface area contributed by atoms with Crippen molar-refractivity contribution in [1.29, 1.82) is 0 Å². The van der Waals surface area contributed by atoms with Crippen LogP contribution in [0, 0.1) is 5.82 Å². The summed E-state index contributed by atoms with van der Waals surface area (Å²) >= 11 is 9.04. The standard InChI is InChI=1S/C15H14BrClFNO/c16-13-5-4-10(7-14(13)18)15(20)12(8-19)9-2-1-3-11(17)6-9/h1-7,12,15,20H,8,19H2. The molecule has 0 saturated carbocycles. The number of hydrogen-bond donors (Lipinski definition) is 2. The number of aliphatic hydroxyl groups excluding tert-OH is 1. The first-order valence-corrected chi connectivity index (χ1v) is 7.28. The molecule has 2 nitrogen and oxygen atoms in total. The molecular formula is C15H14BrClFNO. The number of nitrogens with two attached hydrogens (primary N) is 1. The summed E-state index contributed by atoms with van der Waals surface area (Å²) in [4.78, 5) is 0. The lowest BCUT2D eigenvalue weighted by Gasteiger charge is -2.22. The van der Waals surface area contributed by atoms with E-state index in [4.69, 9.17) is 17.3 Å². The van der Waals surface area contributed by atoms with E-state index in [1.54, 1.807) is 30.3 Å². The molecule has 2 aromatic rings. The molecule has 0 aliphatic heterocycles. The highest BCUT2D eigenvalue weighted by atomic mass is 79.9. The Morgan fingerprint density at radius 3 is 2.55 bits per heavy atom. The minimum atomic E-state index is -0.888. The van der Waals surface area contributed by atoms with E-state index in [1.807, 2.05) is 6.07 Å². The Labute approximate surface area is 130 Å². The maximum absolute atomic E-state index is 13.6. The summed E-state index contributed by atoms with van der Waals surface area (Å²) in [5, 5.41) is 11.0. The van der Waals surface area contributed by atoms with Crippen molar-refractivity contribution in [2.24, 2.45) is 5.73 Å². The molecule has 0 bridgehead atoms. The van der Waals surface area contributed by atoms with Crippen molar-refractivity contribution in [2.45, 2.75) is 12.0 Å². The fraction of sp³-hybridized carbons (Fsp3) is 0.200. The Hall–Kier alpha value is -0.940.